The Morgan fingerprint density at radius 1 is 1.03 bits per heavy atom. The van der Waals surface area contributed by atoms with Crippen LogP contribution in [0, 0.1) is 0 Å². The van der Waals surface area contributed by atoms with Gasteiger partial charge in [0.15, 0.2) is 17.3 Å². The second-order valence-corrected chi connectivity index (χ2v) is 8.04. The van der Waals surface area contributed by atoms with Gasteiger partial charge < -0.3 is 9.47 Å². The van der Waals surface area contributed by atoms with Crippen molar-refractivity contribution in [1.82, 2.24) is 9.66 Å². The number of alkyl halides is 3. The van der Waals surface area contributed by atoms with Crippen LogP contribution in [-0.2, 0) is 6.18 Å². The molecule has 0 bridgehead atoms. The van der Waals surface area contributed by atoms with Gasteiger partial charge in [-0.3, -0.25) is 4.79 Å². The summed E-state index contributed by atoms with van der Waals surface area (Å²) in [5.41, 5.74) is -0.484. The predicted octanol–water partition coefficient (Wildman–Crippen LogP) is 5.74. The van der Waals surface area contributed by atoms with Crippen LogP contribution in [0.4, 0.5) is 13.2 Å². The van der Waals surface area contributed by atoms with Gasteiger partial charge in [-0.15, -0.1) is 0 Å². The fourth-order valence-corrected chi connectivity index (χ4v) is 3.88. The average Bonchev–Trinajstić information content (AvgIpc) is 2.82. The summed E-state index contributed by atoms with van der Waals surface area (Å²) >= 11 is 3.38. The van der Waals surface area contributed by atoms with E-state index in [1.807, 2.05) is 0 Å². The Labute approximate surface area is 200 Å². The number of hydrogen-bond donors (Lipinski definition) is 0. The lowest BCUT2D eigenvalue weighted by molar-refractivity contribution is -0.137. The highest BCUT2D eigenvalue weighted by Crippen LogP contribution is 2.34. The van der Waals surface area contributed by atoms with Gasteiger partial charge in [0.1, 0.15) is 0 Å². The van der Waals surface area contributed by atoms with Crippen LogP contribution in [0.5, 0.6) is 11.5 Å². The lowest BCUT2D eigenvalue weighted by Gasteiger charge is -2.13. The molecule has 10 heteroatoms. The summed E-state index contributed by atoms with van der Waals surface area (Å²) in [6.07, 6.45) is -3.19. The van der Waals surface area contributed by atoms with Gasteiger partial charge in [0.05, 0.1) is 36.9 Å². The molecular formula is C24H17BrF3N3O3. The summed E-state index contributed by atoms with van der Waals surface area (Å²) in [5.74, 6) is 0.768. The first kappa shape index (κ1) is 23.5. The minimum atomic E-state index is -4.55. The number of nitrogens with zero attached hydrogens (tertiary/aromatic N) is 3. The van der Waals surface area contributed by atoms with E-state index in [4.69, 9.17) is 9.47 Å². The zero-order valence-corrected chi connectivity index (χ0v) is 19.5. The molecule has 0 radical (unpaired) electrons. The van der Waals surface area contributed by atoms with E-state index in [0.29, 0.717) is 27.1 Å². The van der Waals surface area contributed by atoms with Crippen LogP contribution in [0.15, 0.2) is 75.0 Å². The maximum atomic E-state index is 13.3. The van der Waals surface area contributed by atoms with Gasteiger partial charge >= 0.3 is 6.18 Å². The number of para-hydroxylation sites is 1. The van der Waals surface area contributed by atoms with Crippen molar-refractivity contribution in [3.05, 3.63) is 86.6 Å². The van der Waals surface area contributed by atoms with Gasteiger partial charge in [-0.2, -0.15) is 22.9 Å². The summed E-state index contributed by atoms with van der Waals surface area (Å²) in [4.78, 5) is 17.7. The van der Waals surface area contributed by atoms with Crippen LogP contribution in [0.25, 0.3) is 22.3 Å². The fourth-order valence-electron chi connectivity index (χ4n) is 3.43. The summed E-state index contributed by atoms with van der Waals surface area (Å²) in [7, 11) is 2.94. The normalized spacial score (nSPS) is 11.8. The Balaban J connectivity index is 1.96. The van der Waals surface area contributed by atoms with Gasteiger partial charge in [-0.1, -0.05) is 40.2 Å². The predicted molar refractivity (Wildman–Crippen MR) is 127 cm³/mol. The number of aromatic nitrogens is 2. The third kappa shape index (κ3) is 4.54. The second kappa shape index (κ2) is 9.30. The average molecular weight is 532 g/mol. The molecule has 4 rings (SSSR count). The minimum Gasteiger partial charge on any atom is -0.493 e. The zero-order chi connectivity index (χ0) is 24.5. The molecule has 0 spiro atoms. The van der Waals surface area contributed by atoms with Gasteiger partial charge in [0.2, 0.25) is 0 Å². The molecule has 0 saturated carbocycles. The maximum absolute atomic E-state index is 13.3. The van der Waals surface area contributed by atoms with E-state index < -0.39 is 17.3 Å². The first-order valence-electron chi connectivity index (χ1n) is 9.88. The largest absolute Gasteiger partial charge is 0.493 e. The Bertz CT molecular complexity index is 1470. The zero-order valence-electron chi connectivity index (χ0n) is 17.9. The number of ether oxygens (including phenoxy) is 2. The first-order chi connectivity index (χ1) is 16.2. The first-order valence-corrected chi connectivity index (χ1v) is 10.7. The van der Waals surface area contributed by atoms with Crippen LogP contribution in [0.1, 0.15) is 11.1 Å². The lowest BCUT2D eigenvalue weighted by Crippen LogP contribution is -2.20. The maximum Gasteiger partial charge on any atom is 0.416 e. The van der Waals surface area contributed by atoms with E-state index in [-0.39, 0.29) is 16.8 Å². The molecule has 0 atom stereocenters. The molecule has 0 unspecified atom stereocenters. The minimum absolute atomic E-state index is 0.0352. The third-order valence-corrected chi connectivity index (χ3v) is 5.44. The third-order valence-electron chi connectivity index (χ3n) is 4.99. The van der Waals surface area contributed by atoms with Crippen LogP contribution in [0.3, 0.4) is 0 Å². The van der Waals surface area contributed by atoms with Crippen molar-refractivity contribution in [3.63, 3.8) is 0 Å². The van der Waals surface area contributed by atoms with Gasteiger partial charge in [-0.25, -0.2) is 4.98 Å². The van der Waals surface area contributed by atoms with E-state index in [9.17, 15) is 18.0 Å². The van der Waals surface area contributed by atoms with E-state index >= 15 is 0 Å². The Hall–Kier alpha value is -3.66. The molecule has 0 N–H and O–H groups in total. The molecule has 34 heavy (non-hydrogen) atoms. The summed E-state index contributed by atoms with van der Waals surface area (Å²) in [6.45, 7) is 0. The van der Waals surface area contributed by atoms with E-state index in [1.165, 1.54) is 32.6 Å². The van der Waals surface area contributed by atoms with Crippen molar-refractivity contribution < 1.29 is 22.6 Å². The Morgan fingerprint density at radius 2 is 1.79 bits per heavy atom. The van der Waals surface area contributed by atoms with Gasteiger partial charge in [0.25, 0.3) is 5.56 Å². The smallest absolute Gasteiger partial charge is 0.416 e. The van der Waals surface area contributed by atoms with Crippen molar-refractivity contribution in [1.29, 1.82) is 0 Å². The standard InChI is InChI=1S/C24H17BrF3N3O3/c1-33-20-12-17(25)11-15(21(20)34-2)13-29-31-22(14-6-5-7-16(10-14)24(26,27)28)30-19-9-4-3-8-18(19)23(31)32/h3-13H,1-2H3. The molecule has 174 valence electrons. The van der Waals surface area contributed by atoms with Crippen LogP contribution >= 0.6 is 15.9 Å². The van der Waals surface area contributed by atoms with Crippen molar-refractivity contribution >= 4 is 33.0 Å². The van der Waals surface area contributed by atoms with E-state index in [2.05, 4.69) is 26.0 Å². The molecular weight excluding hydrogens is 515 g/mol. The molecule has 6 nitrogen and oxygen atoms in total. The van der Waals surface area contributed by atoms with Crippen molar-refractivity contribution in [3.8, 4) is 22.9 Å². The second-order valence-electron chi connectivity index (χ2n) is 7.12. The molecule has 0 amide bonds. The van der Waals surface area contributed by atoms with Crippen molar-refractivity contribution in [2.45, 2.75) is 6.18 Å². The fraction of sp³-hybridized carbons (Fsp3) is 0.125. The van der Waals surface area contributed by atoms with Crippen LogP contribution in [0.2, 0.25) is 0 Å². The molecule has 0 aliphatic carbocycles. The number of halogens is 4. The quantitative estimate of drug-likeness (QED) is 0.308. The van der Waals surface area contributed by atoms with Gasteiger partial charge in [0, 0.05) is 15.6 Å². The molecule has 3 aromatic carbocycles. The number of hydrogen-bond acceptors (Lipinski definition) is 5. The number of fused-ring (bicyclic) bond motifs is 1. The monoisotopic (exact) mass is 531 g/mol. The molecule has 4 aromatic rings. The van der Waals surface area contributed by atoms with E-state index in [0.717, 1.165) is 16.8 Å². The Kier molecular flexibility index (Phi) is 6.43. The molecule has 0 aliphatic rings. The summed E-state index contributed by atoms with van der Waals surface area (Å²) in [5, 5.41) is 4.57. The molecule has 0 aliphatic heterocycles. The number of benzene rings is 3. The van der Waals surface area contributed by atoms with E-state index in [1.54, 1.807) is 36.4 Å². The lowest BCUT2D eigenvalue weighted by atomic mass is 10.1. The molecule has 0 fully saturated rings. The molecule has 1 aromatic heterocycles. The van der Waals surface area contributed by atoms with Crippen molar-refractivity contribution in [2.75, 3.05) is 14.2 Å². The topological polar surface area (TPSA) is 65.7 Å². The summed E-state index contributed by atoms with van der Waals surface area (Å²) in [6, 6.07) is 14.6. The number of methoxy groups -OCH3 is 2. The van der Waals surface area contributed by atoms with Crippen molar-refractivity contribution in [2.24, 2.45) is 5.10 Å². The highest BCUT2D eigenvalue weighted by Gasteiger charge is 2.31. The molecule has 1 heterocycles. The highest BCUT2D eigenvalue weighted by atomic mass is 79.9. The highest BCUT2D eigenvalue weighted by molar-refractivity contribution is 9.10. The SMILES string of the molecule is COc1cc(Br)cc(C=Nn2c(-c3cccc(C(F)(F)F)c3)nc3ccccc3c2=O)c1OC. The van der Waals surface area contributed by atoms with Crippen LogP contribution < -0.4 is 15.0 Å². The Morgan fingerprint density at radius 3 is 2.50 bits per heavy atom. The van der Waals surface area contributed by atoms with Gasteiger partial charge in [-0.05, 0) is 36.4 Å². The number of rotatable bonds is 5. The molecule has 0 saturated heterocycles. The van der Waals surface area contributed by atoms with Crippen LogP contribution in [-0.4, -0.2) is 30.1 Å². The summed E-state index contributed by atoms with van der Waals surface area (Å²) < 4.78 is 52.4.